The lowest BCUT2D eigenvalue weighted by Crippen LogP contribution is -2.26. The second-order valence-corrected chi connectivity index (χ2v) is 4.15. The molecule has 0 bridgehead atoms. The van der Waals surface area contributed by atoms with E-state index in [2.05, 4.69) is 15.3 Å². The lowest BCUT2D eigenvalue weighted by Gasteiger charge is -2.06. The summed E-state index contributed by atoms with van der Waals surface area (Å²) < 4.78 is 5.23. The van der Waals surface area contributed by atoms with Gasteiger partial charge < -0.3 is 10.1 Å². The van der Waals surface area contributed by atoms with Crippen molar-refractivity contribution >= 4 is 5.91 Å². The molecule has 0 radical (unpaired) electrons. The van der Waals surface area contributed by atoms with Crippen LogP contribution < -0.4 is 10.1 Å². The Morgan fingerprint density at radius 3 is 2.80 bits per heavy atom. The molecular weight excluding hydrogens is 254 g/mol. The van der Waals surface area contributed by atoms with E-state index in [0.717, 1.165) is 5.69 Å². The lowest BCUT2D eigenvalue weighted by molar-refractivity contribution is 0.0953. The molecule has 0 spiro atoms. The molecular formula is C15H17N3O2. The Bertz CT molecular complexity index is 541. The van der Waals surface area contributed by atoms with Crippen LogP contribution in [0, 0.1) is 0 Å². The van der Waals surface area contributed by atoms with Gasteiger partial charge in [0.2, 0.25) is 5.88 Å². The van der Waals surface area contributed by atoms with Gasteiger partial charge in [0.25, 0.3) is 5.91 Å². The number of aromatic nitrogens is 2. The van der Waals surface area contributed by atoms with Crippen molar-refractivity contribution in [2.24, 2.45) is 0 Å². The number of nitrogens with zero attached hydrogens (tertiary/aromatic N) is 2. The van der Waals surface area contributed by atoms with Crippen LogP contribution in [0.1, 0.15) is 23.0 Å². The number of rotatable bonds is 6. The number of ether oxygens (including phenoxy) is 1. The molecule has 0 atom stereocenters. The minimum atomic E-state index is -0.142. The van der Waals surface area contributed by atoms with Gasteiger partial charge in [-0.05, 0) is 25.1 Å². The first-order chi connectivity index (χ1) is 9.79. The first-order valence-electron chi connectivity index (χ1n) is 6.56. The van der Waals surface area contributed by atoms with Gasteiger partial charge in [-0.2, -0.15) is 0 Å². The van der Waals surface area contributed by atoms with Crippen LogP contribution in [-0.2, 0) is 6.42 Å². The minimum Gasteiger partial charge on any atom is -0.478 e. The fourth-order valence-corrected chi connectivity index (χ4v) is 1.70. The van der Waals surface area contributed by atoms with Crippen LogP contribution in [0.3, 0.4) is 0 Å². The third-order valence-corrected chi connectivity index (χ3v) is 2.68. The van der Waals surface area contributed by atoms with Crippen LogP contribution in [-0.4, -0.2) is 29.0 Å². The zero-order valence-electron chi connectivity index (χ0n) is 11.4. The summed E-state index contributed by atoms with van der Waals surface area (Å²) >= 11 is 0. The summed E-state index contributed by atoms with van der Waals surface area (Å²) in [6.45, 7) is 2.99. The molecule has 2 rings (SSSR count). The first kappa shape index (κ1) is 14.0. The van der Waals surface area contributed by atoms with Crippen molar-refractivity contribution in [1.82, 2.24) is 15.3 Å². The molecule has 0 aliphatic carbocycles. The van der Waals surface area contributed by atoms with Gasteiger partial charge in [0.05, 0.1) is 12.2 Å². The number of carbonyl (C=O) groups excluding carboxylic acids is 1. The van der Waals surface area contributed by atoms with Crippen molar-refractivity contribution in [3.63, 3.8) is 0 Å². The number of hydrogen-bond donors (Lipinski definition) is 1. The highest BCUT2D eigenvalue weighted by atomic mass is 16.5. The first-order valence-corrected chi connectivity index (χ1v) is 6.56. The van der Waals surface area contributed by atoms with Crippen molar-refractivity contribution in [3.8, 4) is 5.88 Å². The SMILES string of the molecule is CCOc1ccc(C(=O)NCCc2ccccn2)cn1. The highest BCUT2D eigenvalue weighted by Gasteiger charge is 2.06. The maximum absolute atomic E-state index is 11.9. The summed E-state index contributed by atoms with van der Waals surface area (Å²) in [5, 5.41) is 2.84. The summed E-state index contributed by atoms with van der Waals surface area (Å²) in [5.74, 6) is 0.383. The molecule has 0 unspecified atom stereocenters. The lowest BCUT2D eigenvalue weighted by atomic mass is 10.2. The van der Waals surface area contributed by atoms with E-state index in [1.807, 2.05) is 25.1 Å². The summed E-state index contributed by atoms with van der Waals surface area (Å²) in [7, 11) is 0. The van der Waals surface area contributed by atoms with Gasteiger partial charge in [0.1, 0.15) is 0 Å². The van der Waals surface area contributed by atoms with Crippen LogP contribution in [0.5, 0.6) is 5.88 Å². The molecule has 1 amide bonds. The Hall–Kier alpha value is -2.43. The van der Waals surface area contributed by atoms with Gasteiger partial charge in [0.15, 0.2) is 0 Å². The average Bonchev–Trinajstić information content (AvgIpc) is 2.49. The standard InChI is InChI=1S/C15H17N3O2/c1-2-20-14-7-6-12(11-18-14)15(19)17-10-8-13-5-3-4-9-16-13/h3-7,9,11H,2,8,10H2,1H3,(H,17,19). The quantitative estimate of drug-likeness (QED) is 0.870. The molecule has 0 aromatic carbocycles. The summed E-state index contributed by atoms with van der Waals surface area (Å²) in [5.41, 5.74) is 1.48. The van der Waals surface area contributed by atoms with E-state index >= 15 is 0 Å². The normalized spacial score (nSPS) is 10.1. The molecule has 5 nitrogen and oxygen atoms in total. The van der Waals surface area contributed by atoms with Gasteiger partial charge in [-0.1, -0.05) is 6.07 Å². The summed E-state index contributed by atoms with van der Waals surface area (Å²) in [6.07, 6.45) is 3.96. The zero-order valence-corrected chi connectivity index (χ0v) is 11.4. The van der Waals surface area contributed by atoms with Crippen molar-refractivity contribution in [3.05, 3.63) is 54.0 Å². The molecule has 0 fully saturated rings. The van der Waals surface area contributed by atoms with Crippen LogP contribution in [0.15, 0.2) is 42.7 Å². The molecule has 104 valence electrons. The summed E-state index contributed by atoms with van der Waals surface area (Å²) in [4.78, 5) is 20.2. The van der Waals surface area contributed by atoms with Gasteiger partial charge in [-0.25, -0.2) is 4.98 Å². The van der Waals surface area contributed by atoms with Crippen LogP contribution in [0.25, 0.3) is 0 Å². The van der Waals surface area contributed by atoms with Crippen molar-refractivity contribution < 1.29 is 9.53 Å². The van der Waals surface area contributed by atoms with E-state index in [9.17, 15) is 4.79 Å². The Morgan fingerprint density at radius 2 is 2.15 bits per heavy atom. The van der Waals surface area contributed by atoms with E-state index in [1.54, 1.807) is 18.3 Å². The van der Waals surface area contributed by atoms with Crippen molar-refractivity contribution in [1.29, 1.82) is 0 Å². The molecule has 2 aromatic rings. The van der Waals surface area contributed by atoms with Gasteiger partial charge in [0, 0.05) is 37.1 Å². The third kappa shape index (κ3) is 4.05. The number of hydrogen-bond acceptors (Lipinski definition) is 4. The van der Waals surface area contributed by atoms with Crippen molar-refractivity contribution in [2.45, 2.75) is 13.3 Å². The van der Waals surface area contributed by atoms with Crippen LogP contribution in [0.4, 0.5) is 0 Å². The van der Waals surface area contributed by atoms with Crippen LogP contribution >= 0.6 is 0 Å². The highest BCUT2D eigenvalue weighted by molar-refractivity contribution is 5.93. The van der Waals surface area contributed by atoms with E-state index in [-0.39, 0.29) is 5.91 Å². The van der Waals surface area contributed by atoms with E-state index in [0.29, 0.717) is 31.0 Å². The average molecular weight is 271 g/mol. The number of amides is 1. The Morgan fingerprint density at radius 1 is 1.25 bits per heavy atom. The predicted octanol–water partition coefficient (Wildman–Crippen LogP) is 1.85. The monoisotopic (exact) mass is 271 g/mol. The molecule has 5 heteroatoms. The largest absolute Gasteiger partial charge is 0.478 e. The highest BCUT2D eigenvalue weighted by Crippen LogP contribution is 2.07. The predicted molar refractivity (Wildman–Crippen MR) is 75.7 cm³/mol. The number of carbonyl (C=O) groups is 1. The molecule has 0 saturated carbocycles. The smallest absolute Gasteiger partial charge is 0.252 e. The second-order valence-electron chi connectivity index (χ2n) is 4.15. The number of pyridine rings is 2. The second kappa shape index (κ2) is 7.23. The van der Waals surface area contributed by atoms with E-state index in [1.165, 1.54) is 6.20 Å². The molecule has 0 aliphatic heterocycles. The zero-order chi connectivity index (χ0) is 14.2. The Labute approximate surface area is 118 Å². The fraction of sp³-hybridized carbons (Fsp3) is 0.267. The topological polar surface area (TPSA) is 64.1 Å². The summed E-state index contributed by atoms with van der Waals surface area (Å²) in [6, 6.07) is 9.13. The van der Waals surface area contributed by atoms with Crippen molar-refractivity contribution in [2.75, 3.05) is 13.2 Å². The van der Waals surface area contributed by atoms with Gasteiger partial charge in [-0.15, -0.1) is 0 Å². The maximum atomic E-state index is 11.9. The maximum Gasteiger partial charge on any atom is 0.252 e. The minimum absolute atomic E-state index is 0.142. The molecule has 2 heterocycles. The van der Waals surface area contributed by atoms with Gasteiger partial charge >= 0.3 is 0 Å². The Balaban J connectivity index is 1.82. The fourth-order valence-electron chi connectivity index (χ4n) is 1.70. The molecule has 1 N–H and O–H groups in total. The molecule has 0 aliphatic rings. The number of nitrogens with one attached hydrogen (secondary N) is 1. The molecule has 20 heavy (non-hydrogen) atoms. The molecule has 0 saturated heterocycles. The Kier molecular flexibility index (Phi) is 5.06. The van der Waals surface area contributed by atoms with E-state index in [4.69, 9.17) is 4.74 Å². The third-order valence-electron chi connectivity index (χ3n) is 2.68. The van der Waals surface area contributed by atoms with Gasteiger partial charge in [-0.3, -0.25) is 9.78 Å². The van der Waals surface area contributed by atoms with Crippen LogP contribution in [0.2, 0.25) is 0 Å². The van der Waals surface area contributed by atoms with E-state index < -0.39 is 0 Å². The molecule has 2 aromatic heterocycles.